The van der Waals surface area contributed by atoms with Crippen LogP contribution in [0.3, 0.4) is 0 Å². The number of nitrogens with zero attached hydrogens (tertiary/aromatic N) is 2. The van der Waals surface area contributed by atoms with Gasteiger partial charge in [-0.05, 0) is 23.3 Å². The van der Waals surface area contributed by atoms with Crippen molar-refractivity contribution in [1.29, 1.82) is 0 Å². The van der Waals surface area contributed by atoms with Crippen molar-refractivity contribution in [2.24, 2.45) is 0 Å². The molecule has 1 heterocycles. The lowest BCUT2D eigenvalue weighted by Gasteiger charge is -2.33. The summed E-state index contributed by atoms with van der Waals surface area (Å²) < 4.78 is 39.5. The predicted octanol–water partition coefficient (Wildman–Crippen LogP) is 1.59. The van der Waals surface area contributed by atoms with Crippen LogP contribution in [-0.2, 0) is 27.1 Å². The zero-order chi connectivity index (χ0) is 20.0. The molecule has 8 heteroatoms. The average molecular weight is 405 g/mol. The third-order valence-electron chi connectivity index (χ3n) is 4.69. The molecular weight excluding hydrogens is 381 g/mol. The fraction of sp³-hybridized carbons (Fsp3) is 0.350. The van der Waals surface area contributed by atoms with Gasteiger partial charge in [0.1, 0.15) is 5.82 Å². The first-order valence-corrected chi connectivity index (χ1v) is 10.8. The lowest BCUT2D eigenvalue weighted by Crippen LogP contribution is -2.51. The van der Waals surface area contributed by atoms with E-state index in [1.54, 1.807) is 24.3 Å². The van der Waals surface area contributed by atoms with E-state index >= 15 is 0 Å². The molecule has 1 aliphatic heterocycles. The van der Waals surface area contributed by atoms with Crippen LogP contribution in [0.15, 0.2) is 54.6 Å². The molecule has 1 amide bonds. The highest BCUT2D eigenvalue weighted by Crippen LogP contribution is 2.13. The Labute approximate surface area is 165 Å². The molecule has 2 aromatic rings. The zero-order valence-electron chi connectivity index (χ0n) is 15.6. The summed E-state index contributed by atoms with van der Waals surface area (Å²) >= 11 is 0. The summed E-state index contributed by atoms with van der Waals surface area (Å²) in [6.45, 7) is 2.33. The zero-order valence-corrected chi connectivity index (χ0v) is 16.4. The van der Waals surface area contributed by atoms with E-state index in [0.29, 0.717) is 32.7 Å². The molecule has 150 valence electrons. The number of hydrogen-bond acceptors (Lipinski definition) is 4. The number of benzene rings is 2. The molecule has 1 fully saturated rings. The van der Waals surface area contributed by atoms with Crippen molar-refractivity contribution in [3.8, 4) is 0 Å². The summed E-state index contributed by atoms with van der Waals surface area (Å²) in [6.07, 6.45) is 0. The van der Waals surface area contributed by atoms with Crippen LogP contribution >= 0.6 is 0 Å². The number of halogens is 1. The Hall–Kier alpha value is -2.29. The van der Waals surface area contributed by atoms with Gasteiger partial charge in [0, 0.05) is 32.7 Å². The molecule has 0 radical (unpaired) electrons. The van der Waals surface area contributed by atoms with E-state index in [4.69, 9.17) is 0 Å². The standard InChI is InChI=1S/C20H24FN3O3S/c21-19-8-6-17(7-9-19)14-22-20(25)15-23-10-12-24(13-11-23)28(26,27)16-18-4-2-1-3-5-18/h1-9H,10-16H2,(H,22,25). The lowest BCUT2D eigenvalue weighted by atomic mass is 10.2. The topological polar surface area (TPSA) is 69.7 Å². The van der Waals surface area contributed by atoms with Crippen LogP contribution in [0.2, 0.25) is 0 Å². The van der Waals surface area contributed by atoms with E-state index in [1.807, 2.05) is 23.1 Å². The largest absolute Gasteiger partial charge is 0.351 e. The Balaban J connectivity index is 1.43. The second-order valence-electron chi connectivity index (χ2n) is 6.82. The molecule has 0 saturated carbocycles. The predicted molar refractivity (Wildman–Crippen MR) is 105 cm³/mol. The van der Waals surface area contributed by atoms with Gasteiger partial charge in [0.2, 0.25) is 15.9 Å². The van der Waals surface area contributed by atoms with Gasteiger partial charge in [-0.2, -0.15) is 4.31 Å². The third-order valence-corrected chi connectivity index (χ3v) is 6.54. The Morgan fingerprint density at radius 1 is 0.929 bits per heavy atom. The fourth-order valence-electron chi connectivity index (χ4n) is 3.10. The molecule has 0 aromatic heterocycles. The van der Waals surface area contributed by atoms with Crippen molar-refractivity contribution in [2.75, 3.05) is 32.7 Å². The molecule has 3 rings (SSSR count). The molecule has 0 atom stereocenters. The van der Waals surface area contributed by atoms with Crippen LogP contribution in [0.25, 0.3) is 0 Å². The molecule has 2 aromatic carbocycles. The van der Waals surface area contributed by atoms with Gasteiger partial charge in [-0.1, -0.05) is 42.5 Å². The van der Waals surface area contributed by atoms with E-state index < -0.39 is 10.0 Å². The fourth-order valence-corrected chi connectivity index (χ4v) is 4.62. The van der Waals surface area contributed by atoms with Gasteiger partial charge in [-0.15, -0.1) is 0 Å². The lowest BCUT2D eigenvalue weighted by molar-refractivity contribution is -0.122. The number of carbonyl (C=O) groups excluding carboxylic acids is 1. The summed E-state index contributed by atoms with van der Waals surface area (Å²) in [7, 11) is -3.36. The maximum Gasteiger partial charge on any atom is 0.234 e. The Morgan fingerprint density at radius 2 is 1.57 bits per heavy atom. The number of rotatable bonds is 7. The number of amides is 1. The average Bonchev–Trinajstić information content (AvgIpc) is 2.68. The van der Waals surface area contributed by atoms with Crippen molar-refractivity contribution < 1.29 is 17.6 Å². The molecule has 0 unspecified atom stereocenters. The highest BCUT2D eigenvalue weighted by molar-refractivity contribution is 7.88. The number of sulfonamides is 1. The first-order valence-electron chi connectivity index (χ1n) is 9.18. The maximum atomic E-state index is 12.9. The summed E-state index contributed by atoms with van der Waals surface area (Å²) in [5, 5.41) is 2.80. The third kappa shape index (κ3) is 5.85. The van der Waals surface area contributed by atoms with Crippen molar-refractivity contribution in [3.05, 3.63) is 71.5 Å². The summed E-state index contributed by atoms with van der Waals surface area (Å²) in [5.74, 6) is -0.452. The van der Waals surface area contributed by atoms with Gasteiger partial charge in [0.25, 0.3) is 0 Å². The normalized spacial score (nSPS) is 16.0. The summed E-state index contributed by atoms with van der Waals surface area (Å²) in [6, 6.07) is 15.1. The molecule has 1 saturated heterocycles. The molecule has 1 aliphatic rings. The van der Waals surface area contributed by atoms with Gasteiger partial charge in [-0.25, -0.2) is 12.8 Å². The van der Waals surface area contributed by atoms with Crippen molar-refractivity contribution in [2.45, 2.75) is 12.3 Å². The molecule has 0 bridgehead atoms. The molecule has 0 aliphatic carbocycles. The van der Waals surface area contributed by atoms with E-state index in [-0.39, 0.29) is 24.0 Å². The Bertz CT molecular complexity index is 881. The number of piperazine rings is 1. The van der Waals surface area contributed by atoms with E-state index in [1.165, 1.54) is 16.4 Å². The highest BCUT2D eigenvalue weighted by atomic mass is 32.2. The quantitative estimate of drug-likeness (QED) is 0.760. The van der Waals surface area contributed by atoms with Crippen LogP contribution in [0.1, 0.15) is 11.1 Å². The highest BCUT2D eigenvalue weighted by Gasteiger charge is 2.27. The molecule has 6 nitrogen and oxygen atoms in total. The molecule has 0 spiro atoms. The smallest absolute Gasteiger partial charge is 0.234 e. The Kier molecular flexibility index (Phi) is 6.77. The number of hydrogen-bond donors (Lipinski definition) is 1. The number of nitrogens with one attached hydrogen (secondary N) is 1. The van der Waals surface area contributed by atoms with Gasteiger partial charge in [0.15, 0.2) is 0 Å². The van der Waals surface area contributed by atoms with Crippen molar-refractivity contribution >= 4 is 15.9 Å². The van der Waals surface area contributed by atoms with E-state index in [0.717, 1.165) is 11.1 Å². The van der Waals surface area contributed by atoms with E-state index in [2.05, 4.69) is 5.32 Å². The second kappa shape index (κ2) is 9.27. The van der Waals surface area contributed by atoms with Gasteiger partial charge in [-0.3, -0.25) is 9.69 Å². The van der Waals surface area contributed by atoms with Gasteiger partial charge >= 0.3 is 0 Å². The summed E-state index contributed by atoms with van der Waals surface area (Å²) in [5.41, 5.74) is 1.59. The van der Waals surface area contributed by atoms with Crippen molar-refractivity contribution in [1.82, 2.24) is 14.5 Å². The van der Waals surface area contributed by atoms with Gasteiger partial charge < -0.3 is 5.32 Å². The minimum atomic E-state index is -3.36. The molecular formula is C20H24FN3O3S. The molecule has 1 N–H and O–H groups in total. The monoisotopic (exact) mass is 405 g/mol. The van der Waals surface area contributed by atoms with Crippen LogP contribution in [0, 0.1) is 5.82 Å². The van der Waals surface area contributed by atoms with Crippen LogP contribution < -0.4 is 5.32 Å². The van der Waals surface area contributed by atoms with Crippen molar-refractivity contribution in [3.63, 3.8) is 0 Å². The minimum absolute atomic E-state index is 0.00794. The van der Waals surface area contributed by atoms with Gasteiger partial charge in [0.05, 0.1) is 12.3 Å². The first-order chi connectivity index (χ1) is 13.4. The SMILES string of the molecule is O=C(CN1CCN(S(=O)(=O)Cc2ccccc2)CC1)NCc1ccc(F)cc1. The molecule has 28 heavy (non-hydrogen) atoms. The van der Waals surface area contributed by atoms with Crippen LogP contribution in [-0.4, -0.2) is 56.3 Å². The summed E-state index contributed by atoms with van der Waals surface area (Å²) in [4.78, 5) is 14.1. The van der Waals surface area contributed by atoms with Crippen LogP contribution in [0.4, 0.5) is 4.39 Å². The first kappa shape index (κ1) is 20.4. The second-order valence-corrected chi connectivity index (χ2v) is 8.79. The number of carbonyl (C=O) groups is 1. The maximum absolute atomic E-state index is 12.9. The minimum Gasteiger partial charge on any atom is -0.351 e. The Morgan fingerprint density at radius 3 is 2.21 bits per heavy atom. The van der Waals surface area contributed by atoms with E-state index in [9.17, 15) is 17.6 Å². The van der Waals surface area contributed by atoms with Crippen LogP contribution in [0.5, 0.6) is 0 Å².